The van der Waals surface area contributed by atoms with Crippen molar-refractivity contribution in [3.05, 3.63) is 82.7 Å². The Morgan fingerprint density at radius 3 is 2.32 bits per heavy atom. The molecule has 0 aromatic heterocycles. The van der Waals surface area contributed by atoms with E-state index in [1.165, 1.54) is 49.7 Å². The van der Waals surface area contributed by atoms with Crippen LogP contribution in [0.5, 0.6) is 0 Å². The van der Waals surface area contributed by atoms with Gasteiger partial charge in [-0.15, -0.1) is 0 Å². The quantitative estimate of drug-likeness (QED) is 0.475. The molecule has 4 saturated carbocycles. The number of amidine groups is 1. The molecule has 9 rings (SSSR count). The van der Waals surface area contributed by atoms with Crippen LogP contribution in [0.2, 0.25) is 0 Å². The standard InChI is InChI=1S/C35H41N5O/c41-31-23-40-32(30(31)18-24-7-2-1-3-8-24)37-33(35-19-25-15-26(20-35)17-27(16-25)21-35)38-34(40)36-12-6-13-39-14-11-28-9-4-5-10-29(28)22-39/h1-5,7-10,25-27H,6,11-23H2,(H,36,37,38). The Bertz CT molecular complexity index is 1400. The number of hydrogen-bond donors (Lipinski definition) is 1. The summed E-state index contributed by atoms with van der Waals surface area (Å²) >= 11 is 0. The third-order valence-electron chi connectivity index (χ3n) is 10.7. The van der Waals surface area contributed by atoms with Crippen LogP contribution in [0, 0.1) is 23.2 Å². The molecule has 212 valence electrons. The van der Waals surface area contributed by atoms with Gasteiger partial charge in [-0.05, 0) is 85.8 Å². The zero-order valence-corrected chi connectivity index (χ0v) is 24.0. The molecule has 41 heavy (non-hydrogen) atoms. The number of guanidine groups is 1. The number of aliphatic imine (C=N–C) groups is 2. The minimum Gasteiger partial charge on any atom is -0.355 e. The van der Waals surface area contributed by atoms with Crippen LogP contribution in [0.3, 0.4) is 0 Å². The number of Topliss-reactive ketones (excluding diaryl/α,β-unsaturated/α-hetero) is 1. The molecule has 0 saturated heterocycles. The van der Waals surface area contributed by atoms with Crippen molar-refractivity contribution in [3.63, 3.8) is 0 Å². The highest BCUT2D eigenvalue weighted by Crippen LogP contribution is 2.61. The summed E-state index contributed by atoms with van der Waals surface area (Å²) in [7, 11) is 0. The summed E-state index contributed by atoms with van der Waals surface area (Å²) in [5.41, 5.74) is 5.07. The summed E-state index contributed by atoms with van der Waals surface area (Å²) in [6.45, 7) is 4.40. The third kappa shape index (κ3) is 4.74. The van der Waals surface area contributed by atoms with Crippen molar-refractivity contribution in [2.75, 3.05) is 26.2 Å². The highest BCUT2D eigenvalue weighted by atomic mass is 16.1. The molecule has 0 spiro atoms. The number of nitrogens with zero attached hydrogens (tertiary/aromatic N) is 4. The van der Waals surface area contributed by atoms with Crippen molar-refractivity contribution < 1.29 is 4.79 Å². The first kappa shape index (κ1) is 25.5. The molecular formula is C35H41N5O. The van der Waals surface area contributed by atoms with Gasteiger partial charge in [0.05, 0.1) is 6.54 Å². The molecule has 2 aromatic rings. The Morgan fingerprint density at radius 2 is 1.56 bits per heavy atom. The molecule has 0 amide bonds. The predicted molar refractivity (Wildman–Crippen MR) is 162 cm³/mol. The maximum absolute atomic E-state index is 13.4. The smallest absolute Gasteiger partial charge is 0.206 e. The summed E-state index contributed by atoms with van der Waals surface area (Å²) in [4.78, 5) is 28.6. The van der Waals surface area contributed by atoms with E-state index in [2.05, 4.69) is 63.6 Å². The second-order valence-electron chi connectivity index (χ2n) is 13.6. The van der Waals surface area contributed by atoms with Crippen molar-refractivity contribution >= 4 is 17.6 Å². The minimum atomic E-state index is 0.0887. The fourth-order valence-corrected chi connectivity index (χ4v) is 9.17. The average Bonchev–Trinajstić information content (AvgIpc) is 3.29. The summed E-state index contributed by atoms with van der Waals surface area (Å²) in [5, 5.41) is 3.70. The maximum atomic E-state index is 13.4. The second-order valence-corrected chi connectivity index (χ2v) is 13.6. The van der Waals surface area contributed by atoms with Crippen LogP contribution < -0.4 is 5.32 Å². The van der Waals surface area contributed by atoms with Crippen LogP contribution in [0.4, 0.5) is 0 Å². The SMILES string of the molecule is O=C1CN2C(NCCCN3CCc4ccccc4C3)=NC(C34CC5CC(CC(C5)C3)C4)=NC2=C1Cc1ccccc1. The normalized spacial score (nSPS) is 30.3. The fraction of sp³-hybridized carbons (Fsp3) is 0.514. The summed E-state index contributed by atoms with van der Waals surface area (Å²) in [6, 6.07) is 19.2. The molecule has 3 aliphatic heterocycles. The Balaban J connectivity index is 1.04. The summed E-state index contributed by atoms with van der Waals surface area (Å²) in [5.74, 6) is 5.37. The Hall–Kier alpha value is -3.25. The Labute approximate surface area is 243 Å². The van der Waals surface area contributed by atoms with Gasteiger partial charge >= 0.3 is 0 Å². The van der Waals surface area contributed by atoms with E-state index in [4.69, 9.17) is 9.98 Å². The van der Waals surface area contributed by atoms with Crippen LogP contribution in [0.25, 0.3) is 0 Å². The van der Waals surface area contributed by atoms with Crippen LogP contribution in [-0.4, -0.2) is 53.6 Å². The zero-order valence-electron chi connectivity index (χ0n) is 24.0. The molecule has 4 fully saturated rings. The largest absolute Gasteiger partial charge is 0.355 e. The van der Waals surface area contributed by atoms with Crippen molar-refractivity contribution in [2.24, 2.45) is 33.2 Å². The van der Waals surface area contributed by atoms with Gasteiger partial charge in [-0.3, -0.25) is 14.6 Å². The summed E-state index contributed by atoms with van der Waals surface area (Å²) < 4.78 is 0. The molecule has 4 aliphatic carbocycles. The zero-order chi connectivity index (χ0) is 27.4. The molecule has 1 N–H and O–H groups in total. The lowest BCUT2D eigenvalue weighted by Gasteiger charge is -2.56. The lowest BCUT2D eigenvalue weighted by molar-refractivity contribution is -0.114. The number of nitrogens with one attached hydrogen (secondary N) is 1. The van der Waals surface area contributed by atoms with Crippen molar-refractivity contribution in [2.45, 2.75) is 64.3 Å². The molecular weight excluding hydrogens is 506 g/mol. The molecule has 4 bridgehead atoms. The van der Waals surface area contributed by atoms with Crippen LogP contribution in [0.1, 0.15) is 61.6 Å². The number of rotatable bonds is 7. The first-order chi connectivity index (χ1) is 20.1. The van der Waals surface area contributed by atoms with E-state index in [9.17, 15) is 4.79 Å². The highest BCUT2D eigenvalue weighted by Gasteiger charge is 2.54. The van der Waals surface area contributed by atoms with E-state index in [0.29, 0.717) is 13.0 Å². The van der Waals surface area contributed by atoms with Gasteiger partial charge in [0.2, 0.25) is 5.96 Å². The number of benzene rings is 2. The first-order valence-electron chi connectivity index (χ1n) is 15.9. The maximum Gasteiger partial charge on any atom is 0.206 e. The monoisotopic (exact) mass is 547 g/mol. The molecule has 3 heterocycles. The minimum absolute atomic E-state index is 0.0887. The van der Waals surface area contributed by atoms with Gasteiger partial charge in [0.25, 0.3) is 0 Å². The van der Waals surface area contributed by atoms with Crippen LogP contribution in [-0.2, 0) is 24.2 Å². The Morgan fingerprint density at radius 1 is 0.854 bits per heavy atom. The topological polar surface area (TPSA) is 60.3 Å². The lowest BCUT2D eigenvalue weighted by Crippen LogP contribution is -2.52. The molecule has 7 aliphatic rings. The third-order valence-corrected chi connectivity index (χ3v) is 10.7. The molecule has 6 heteroatoms. The highest BCUT2D eigenvalue weighted by molar-refractivity contribution is 6.09. The van der Waals surface area contributed by atoms with Crippen molar-refractivity contribution in [1.29, 1.82) is 0 Å². The van der Waals surface area contributed by atoms with E-state index in [0.717, 1.165) is 85.5 Å². The molecule has 0 unspecified atom stereocenters. The average molecular weight is 548 g/mol. The van der Waals surface area contributed by atoms with Gasteiger partial charge in [0.1, 0.15) is 11.7 Å². The van der Waals surface area contributed by atoms with Gasteiger partial charge in [0.15, 0.2) is 5.78 Å². The number of hydrogen-bond acceptors (Lipinski definition) is 6. The second kappa shape index (κ2) is 10.2. The van der Waals surface area contributed by atoms with Crippen LogP contribution in [0.15, 0.2) is 76.0 Å². The lowest BCUT2D eigenvalue weighted by atomic mass is 9.49. The molecule has 2 aromatic carbocycles. The number of ketones is 1. The summed E-state index contributed by atoms with van der Waals surface area (Å²) in [6.07, 6.45) is 10.7. The first-order valence-corrected chi connectivity index (χ1v) is 15.9. The number of fused-ring (bicyclic) bond motifs is 2. The number of carbonyl (C=O) groups is 1. The van der Waals surface area contributed by atoms with Gasteiger partial charge < -0.3 is 5.32 Å². The van der Waals surface area contributed by atoms with Crippen molar-refractivity contribution in [1.82, 2.24) is 15.1 Å². The Kier molecular flexibility index (Phi) is 6.35. The van der Waals surface area contributed by atoms with Gasteiger partial charge in [0, 0.05) is 43.6 Å². The number of carbonyl (C=O) groups excluding carboxylic acids is 1. The van der Waals surface area contributed by atoms with E-state index in [-0.39, 0.29) is 11.2 Å². The predicted octanol–water partition coefficient (Wildman–Crippen LogP) is 5.35. The molecule has 6 nitrogen and oxygen atoms in total. The molecule has 0 atom stereocenters. The van der Waals surface area contributed by atoms with E-state index >= 15 is 0 Å². The van der Waals surface area contributed by atoms with E-state index in [1.807, 2.05) is 6.07 Å². The van der Waals surface area contributed by atoms with Crippen LogP contribution >= 0.6 is 0 Å². The van der Waals surface area contributed by atoms with Gasteiger partial charge in [-0.1, -0.05) is 54.6 Å². The van der Waals surface area contributed by atoms with Gasteiger partial charge in [-0.25, -0.2) is 4.99 Å². The van der Waals surface area contributed by atoms with Gasteiger partial charge in [-0.2, -0.15) is 4.99 Å². The van der Waals surface area contributed by atoms with E-state index in [1.54, 1.807) is 0 Å². The van der Waals surface area contributed by atoms with E-state index < -0.39 is 0 Å². The fourth-order valence-electron chi connectivity index (χ4n) is 9.17. The van der Waals surface area contributed by atoms with Crippen molar-refractivity contribution in [3.8, 4) is 0 Å². The molecule has 0 radical (unpaired) electrons.